The molecule has 0 heterocycles. The zero-order valence-corrected chi connectivity index (χ0v) is 10.6. The van der Waals surface area contributed by atoms with Crippen LogP contribution in [0.5, 0.6) is 0 Å². The third-order valence-corrected chi connectivity index (χ3v) is 3.49. The molecule has 0 radical (unpaired) electrons. The van der Waals surface area contributed by atoms with Crippen LogP contribution < -0.4 is 11.5 Å². The molecule has 3 aromatic rings. The summed E-state index contributed by atoms with van der Waals surface area (Å²) in [6.45, 7) is 0. The molecule has 94 valence electrons. The van der Waals surface area contributed by atoms with E-state index in [1.54, 1.807) is 0 Å². The Hall–Kier alpha value is -2.32. The molecule has 0 aromatic heterocycles. The van der Waals surface area contributed by atoms with Crippen molar-refractivity contribution in [2.45, 2.75) is 6.04 Å². The van der Waals surface area contributed by atoms with Gasteiger partial charge < -0.3 is 11.5 Å². The number of anilines is 1. The van der Waals surface area contributed by atoms with Gasteiger partial charge >= 0.3 is 0 Å². The first-order valence-corrected chi connectivity index (χ1v) is 6.35. The van der Waals surface area contributed by atoms with E-state index in [9.17, 15) is 0 Å². The molecule has 0 saturated carbocycles. The van der Waals surface area contributed by atoms with Crippen LogP contribution in [0.1, 0.15) is 17.2 Å². The van der Waals surface area contributed by atoms with E-state index in [2.05, 4.69) is 24.3 Å². The van der Waals surface area contributed by atoms with Gasteiger partial charge in [-0.1, -0.05) is 60.7 Å². The Balaban J connectivity index is 2.17. The molecule has 1 atom stereocenters. The minimum absolute atomic E-state index is 0.202. The van der Waals surface area contributed by atoms with E-state index >= 15 is 0 Å². The van der Waals surface area contributed by atoms with Crippen LogP contribution >= 0.6 is 0 Å². The summed E-state index contributed by atoms with van der Waals surface area (Å²) in [6.07, 6.45) is 0. The normalized spacial score (nSPS) is 12.5. The fourth-order valence-corrected chi connectivity index (χ4v) is 2.48. The Kier molecular flexibility index (Phi) is 2.94. The summed E-state index contributed by atoms with van der Waals surface area (Å²) in [5.41, 5.74) is 15.2. The lowest BCUT2D eigenvalue weighted by Gasteiger charge is -2.17. The molecule has 0 bridgehead atoms. The molecule has 0 aliphatic heterocycles. The molecular weight excluding hydrogens is 232 g/mol. The summed E-state index contributed by atoms with van der Waals surface area (Å²) in [5.74, 6) is 0. The molecule has 0 aliphatic carbocycles. The zero-order chi connectivity index (χ0) is 13.2. The summed E-state index contributed by atoms with van der Waals surface area (Å²) < 4.78 is 0. The van der Waals surface area contributed by atoms with Crippen molar-refractivity contribution in [3.8, 4) is 0 Å². The van der Waals surface area contributed by atoms with Gasteiger partial charge in [0.2, 0.25) is 0 Å². The van der Waals surface area contributed by atoms with E-state index in [0.29, 0.717) is 0 Å². The SMILES string of the molecule is Nc1ccccc1[C@H](N)c1cccc2ccccc12. The van der Waals surface area contributed by atoms with Gasteiger partial charge in [-0.2, -0.15) is 0 Å². The molecule has 2 nitrogen and oxygen atoms in total. The number of rotatable bonds is 2. The van der Waals surface area contributed by atoms with Crippen molar-refractivity contribution in [3.63, 3.8) is 0 Å². The summed E-state index contributed by atoms with van der Waals surface area (Å²) >= 11 is 0. The summed E-state index contributed by atoms with van der Waals surface area (Å²) in [4.78, 5) is 0. The van der Waals surface area contributed by atoms with Crippen molar-refractivity contribution in [1.29, 1.82) is 0 Å². The molecule has 0 fully saturated rings. The molecule has 3 aromatic carbocycles. The van der Waals surface area contributed by atoms with Crippen molar-refractivity contribution in [1.82, 2.24) is 0 Å². The highest BCUT2D eigenvalue weighted by Crippen LogP contribution is 2.29. The smallest absolute Gasteiger partial charge is 0.0578 e. The minimum Gasteiger partial charge on any atom is -0.398 e. The third kappa shape index (κ3) is 2.07. The van der Waals surface area contributed by atoms with Crippen molar-refractivity contribution in [2.24, 2.45) is 5.73 Å². The van der Waals surface area contributed by atoms with Gasteiger partial charge in [-0.25, -0.2) is 0 Å². The Morgan fingerprint density at radius 3 is 2.16 bits per heavy atom. The molecule has 3 rings (SSSR count). The first-order valence-electron chi connectivity index (χ1n) is 6.35. The highest BCUT2D eigenvalue weighted by atomic mass is 14.7. The highest BCUT2D eigenvalue weighted by Gasteiger charge is 2.13. The fraction of sp³-hybridized carbons (Fsp3) is 0.0588. The molecule has 19 heavy (non-hydrogen) atoms. The number of para-hydroxylation sites is 1. The van der Waals surface area contributed by atoms with Crippen LogP contribution in [0.3, 0.4) is 0 Å². The maximum absolute atomic E-state index is 6.40. The molecule has 0 unspecified atom stereocenters. The summed E-state index contributed by atoms with van der Waals surface area (Å²) in [5, 5.41) is 2.38. The van der Waals surface area contributed by atoms with E-state index in [0.717, 1.165) is 16.8 Å². The lowest BCUT2D eigenvalue weighted by atomic mass is 9.93. The number of hydrogen-bond donors (Lipinski definition) is 2. The Morgan fingerprint density at radius 1 is 0.684 bits per heavy atom. The summed E-state index contributed by atoms with van der Waals surface area (Å²) in [7, 11) is 0. The predicted octanol–water partition coefficient (Wildman–Crippen LogP) is 3.47. The molecule has 0 aliphatic rings. The standard InChI is InChI=1S/C17H16N2/c18-16-11-4-3-9-15(16)17(19)14-10-5-7-12-6-1-2-8-13(12)14/h1-11,17H,18-19H2/t17-/m1/s1. The van der Waals surface area contributed by atoms with Gasteiger partial charge in [-0.15, -0.1) is 0 Å². The van der Waals surface area contributed by atoms with Gasteiger partial charge in [0.25, 0.3) is 0 Å². The van der Waals surface area contributed by atoms with Gasteiger partial charge in [-0.3, -0.25) is 0 Å². The average molecular weight is 248 g/mol. The van der Waals surface area contributed by atoms with Gasteiger partial charge in [0.1, 0.15) is 0 Å². The number of nitrogen functional groups attached to an aromatic ring is 1. The summed E-state index contributed by atoms with van der Waals surface area (Å²) in [6, 6.07) is 22.0. The Bertz CT molecular complexity index is 714. The molecule has 2 heteroatoms. The van der Waals surface area contributed by atoms with E-state index < -0.39 is 0 Å². The Morgan fingerprint density at radius 2 is 1.32 bits per heavy atom. The van der Waals surface area contributed by atoms with E-state index in [1.807, 2.05) is 42.5 Å². The van der Waals surface area contributed by atoms with E-state index in [1.165, 1.54) is 10.8 Å². The van der Waals surface area contributed by atoms with Gasteiger partial charge in [0.05, 0.1) is 6.04 Å². The van der Waals surface area contributed by atoms with Crippen LogP contribution in [0.25, 0.3) is 10.8 Å². The lowest BCUT2D eigenvalue weighted by Crippen LogP contribution is -2.14. The number of fused-ring (bicyclic) bond motifs is 1. The molecular formula is C17H16N2. The van der Waals surface area contributed by atoms with E-state index in [4.69, 9.17) is 11.5 Å². The maximum Gasteiger partial charge on any atom is 0.0578 e. The minimum atomic E-state index is -0.202. The van der Waals surface area contributed by atoms with Crippen LogP contribution in [-0.4, -0.2) is 0 Å². The van der Waals surface area contributed by atoms with Crippen molar-refractivity contribution in [2.75, 3.05) is 5.73 Å². The highest BCUT2D eigenvalue weighted by molar-refractivity contribution is 5.86. The van der Waals surface area contributed by atoms with Crippen molar-refractivity contribution < 1.29 is 0 Å². The maximum atomic E-state index is 6.40. The first kappa shape index (κ1) is 11.8. The molecule has 4 N–H and O–H groups in total. The van der Waals surface area contributed by atoms with Crippen molar-refractivity contribution in [3.05, 3.63) is 77.9 Å². The molecule has 0 amide bonds. The molecule has 0 spiro atoms. The first-order chi connectivity index (χ1) is 9.27. The van der Waals surface area contributed by atoms with Gasteiger partial charge in [0.15, 0.2) is 0 Å². The van der Waals surface area contributed by atoms with Crippen LogP contribution in [-0.2, 0) is 0 Å². The lowest BCUT2D eigenvalue weighted by molar-refractivity contribution is 0.884. The zero-order valence-electron chi connectivity index (χ0n) is 10.6. The Labute approximate surface area is 112 Å². The fourth-order valence-electron chi connectivity index (χ4n) is 2.48. The third-order valence-electron chi connectivity index (χ3n) is 3.49. The van der Waals surface area contributed by atoms with Crippen LogP contribution in [0.2, 0.25) is 0 Å². The average Bonchev–Trinajstić information content (AvgIpc) is 2.46. The quantitative estimate of drug-likeness (QED) is 0.682. The van der Waals surface area contributed by atoms with Gasteiger partial charge in [-0.05, 0) is 28.0 Å². The number of benzene rings is 3. The van der Waals surface area contributed by atoms with Crippen LogP contribution in [0, 0.1) is 0 Å². The topological polar surface area (TPSA) is 52.0 Å². The van der Waals surface area contributed by atoms with E-state index in [-0.39, 0.29) is 6.04 Å². The van der Waals surface area contributed by atoms with Crippen molar-refractivity contribution >= 4 is 16.5 Å². The van der Waals surface area contributed by atoms with Crippen LogP contribution in [0.15, 0.2) is 66.7 Å². The predicted molar refractivity (Wildman–Crippen MR) is 80.8 cm³/mol. The second-order valence-electron chi connectivity index (χ2n) is 4.67. The molecule has 0 saturated heterocycles. The number of hydrogen-bond acceptors (Lipinski definition) is 2. The second kappa shape index (κ2) is 4.75. The monoisotopic (exact) mass is 248 g/mol. The largest absolute Gasteiger partial charge is 0.398 e. The van der Waals surface area contributed by atoms with Gasteiger partial charge in [0, 0.05) is 5.69 Å². The second-order valence-corrected chi connectivity index (χ2v) is 4.67. The van der Waals surface area contributed by atoms with Crippen LogP contribution in [0.4, 0.5) is 5.69 Å². The number of nitrogens with two attached hydrogens (primary N) is 2.